The Morgan fingerprint density at radius 1 is 1.33 bits per heavy atom. The van der Waals surface area contributed by atoms with Gasteiger partial charge < -0.3 is 15.3 Å². The van der Waals surface area contributed by atoms with Gasteiger partial charge in [0.25, 0.3) is 0 Å². The molecule has 1 aromatic carbocycles. The van der Waals surface area contributed by atoms with Crippen molar-refractivity contribution in [2.45, 2.75) is 0 Å². The second kappa shape index (κ2) is 3.18. The average Bonchev–Trinajstić information content (AvgIpc) is 1.82. The van der Waals surface area contributed by atoms with Crippen LogP contribution in [0.4, 0.5) is 0 Å². The van der Waals surface area contributed by atoms with Crippen LogP contribution in [0.2, 0.25) is 0 Å². The molecule has 0 aliphatic heterocycles. The van der Waals surface area contributed by atoms with Crippen LogP contribution >= 0.6 is 22.6 Å². The molecule has 5 heteroatoms. The Labute approximate surface area is 81.6 Å². The molecule has 0 spiro atoms. The monoisotopic (exact) mass is 280 g/mol. The summed E-state index contributed by atoms with van der Waals surface area (Å²) in [6.07, 6.45) is 0. The molecule has 0 unspecified atom stereocenters. The first-order valence-electron chi connectivity index (χ1n) is 2.97. The van der Waals surface area contributed by atoms with Crippen molar-refractivity contribution >= 4 is 28.6 Å². The van der Waals surface area contributed by atoms with Crippen LogP contribution in [0.5, 0.6) is 11.5 Å². The third kappa shape index (κ3) is 1.60. The number of aromatic carboxylic acids is 1. The van der Waals surface area contributed by atoms with E-state index in [0.29, 0.717) is 3.57 Å². The summed E-state index contributed by atoms with van der Waals surface area (Å²) in [5.74, 6) is -1.79. The van der Waals surface area contributed by atoms with Gasteiger partial charge in [0.1, 0.15) is 17.1 Å². The lowest BCUT2D eigenvalue weighted by Gasteiger charge is -2.02. The Hall–Kier alpha value is -0.980. The first-order valence-corrected chi connectivity index (χ1v) is 4.05. The zero-order chi connectivity index (χ0) is 9.30. The molecule has 1 aromatic rings. The highest BCUT2D eigenvalue weighted by atomic mass is 127. The van der Waals surface area contributed by atoms with Crippen LogP contribution in [-0.2, 0) is 0 Å². The lowest BCUT2D eigenvalue weighted by molar-refractivity contribution is 0.0692. The molecular formula is C7H5IO4. The second-order valence-corrected chi connectivity index (χ2v) is 3.29. The van der Waals surface area contributed by atoms with Gasteiger partial charge in [0, 0.05) is 9.64 Å². The predicted molar refractivity (Wildman–Crippen MR) is 49.4 cm³/mol. The van der Waals surface area contributed by atoms with Gasteiger partial charge >= 0.3 is 5.97 Å². The number of carboxylic acid groups (broad SMARTS) is 1. The van der Waals surface area contributed by atoms with E-state index in [1.54, 1.807) is 22.6 Å². The van der Waals surface area contributed by atoms with Crippen molar-refractivity contribution in [3.8, 4) is 11.5 Å². The van der Waals surface area contributed by atoms with Crippen molar-refractivity contribution in [2.24, 2.45) is 0 Å². The number of hydrogen-bond acceptors (Lipinski definition) is 3. The van der Waals surface area contributed by atoms with Gasteiger partial charge in [-0.1, -0.05) is 0 Å². The molecule has 0 radical (unpaired) electrons. The lowest BCUT2D eigenvalue weighted by Crippen LogP contribution is -1.99. The smallest absolute Gasteiger partial charge is 0.340 e. The van der Waals surface area contributed by atoms with E-state index in [-0.39, 0.29) is 11.3 Å². The van der Waals surface area contributed by atoms with Crippen LogP contribution in [0.25, 0.3) is 0 Å². The zero-order valence-corrected chi connectivity index (χ0v) is 7.94. The molecule has 0 saturated heterocycles. The minimum atomic E-state index is -1.21. The molecule has 1 rings (SSSR count). The molecule has 0 aliphatic rings. The van der Waals surface area contributed by atoms with Crippen molar-refractivity contribution in [1.82, 2.24) is 0 Å². The van der Waals surface area contributed by atoms with Crippen molar-refractivity contribution in [2.75, 3.05) is 0 Å². The molecule has 12 heavy (non-hydrogen) atoms. The van der Waals surface area contributed by atoms with E-state index < -0.39 is 11.7 Å². The number of halogens is 1. The Kier molecular flexibility index (Phi) is 2.41. The van der Waals surface area contributed by atoms with E-state index in [9.17, 15) is 4.79 Å². The van der Waals surface area contributed by atoms with Crippen LogP contribution in [0.1, 0.15) is 10.4 Å². The lowest BCUT2D eigenvalue weighted by atomic mass is 10.2. The molecule has 3 N–H and O–H groups in total. The quantitative estimate of drug-likeness (QED) is 0.679. The van der Waals surface area contributed by atoms with Crippen molar-refractivity contribution in [3.63, 3.8) is 0 Å². The highest BCUT2D eigenvalue weighted by Crippen LogP contribution is 2.27. The van der Waals surface area contributed by atoms with E-state index in [1.165, 1.54) is 6.07 Å². The van der Waals surface area contributed by atoms with Crippen molar-refractivity contribution in [1.29, 1.82) is 0 Å². The molecule has 0 saturated carbocycles. The fourth-order valence-corrected chi connectivity index (χ4v) is 1.62. The van der Waals surface area contributed by atoms with Crippen LogP contribution < -0.4 is 0 Å². The van der Waals surface area contributed by atoms with Crippen LogP contribution in [0.3, 0.4) is 0 Å². The first kappa shape index (κ1) is 9.11. The highest BCUT2D eigenvalue weighted by Gasteiger charge is 2.14. The predicted octanol–water partition coefficient (Wildman–Crippen LogP) is 1.40. The van der Waals surface area contributed by atoms with E-state index >= 15 is 0 Å². The van der Waals surface area contributed by atoms with Crippen molar-refractivity contribution < 1.29 is 20.1 Å². The van der Waals surface area contributed by atoms with Crippen molar-refractivity contribution in [3.05, 3.63) is 21.3 Å². The summed E-state index contributed by atoms with van der Waals surface area (Å²) in [6.45, 7) is 0. The molecule has 0 fully saturated rings. The van der Waals surface area contributed by atoms with Gasteiger partial charge in [0.05, 0.1) is 0 Å². The topological polar surface area (TPSA) is 77.8 Å². The number of aromatic hydroxyl groups is 2. The molecule has 0 atom stereocenters. The summed E-state index contributed by atoms with van der Waals surface area (Å²) in [5, 5.41) is 26.6. The standard InChI is InChI=1S/C7H5IO4/c8-4-1-3(9)2-5(10)6(4)7(11)12/h1-2,9-10H,(H,11,12). The van der Waals surface area contributed by atoms with Crippen LogP contribution in [0, 0.1) is 3.57 Å². The van der Waals surface area contributed by atoms with Gasteiger partial charge in [-0.15, -0.1) is 0 Å². The largest absolute Gasteiger partial charge is 0.508 e. The number of phenols is 2. The molecule has 0 aromatic heterocycles. The number of phenolic OH excluding ortho intramolecular Hbond substituents is 1. The molecule has 0 aliphatic carbocycles. The Bertz CT molecular complexity index is 311. The number of carboxylic acids is 1. The SMILES string of the molecule is O=C(O)c1c(O)cc(O)cc1I. The summed E-state index contributed by atoms with van der Waals surface area (Å²) in [6, 6.07) is 2.26. The maximum absolute atomic E-state index is 10.5. The van der Waals surface area contributed by atoms with E-state index in [2.05, 4.69) is 0 Å². The fourth-order valence-electron chi connectivity index (χ4n) is 0.790. The summed E-state index contributed by atoms with van der Waals surface area (Å²) < 4.78 is 0.303. The Balaban J connectivity index is 3.38. The maximum atomic E-state index is 10.5. The van der Waals surface area contributed by atoms with Crippen LogP contribution in [0.15, 0.2) is 12.1 Å². The number of carbonyl (C=O) groups is 1. The maximum Gasteiger partial charge on any atom is 0.340 e. The van der Waals surface area contributed by atoms with E-state index in [0.717, 1.165) is 6.07 Å². The number of hydrogen-bond donors (Lipinski definition) is 3. The minimum absolute atomic E-state index is 0.151. The van der Waals surface area contributed by atoms with Gasteiger partial charge in [0.15, 0.2) is 0 Å². The Morgan fingerprint density at radius 2 is 1.92 bits per heavy atom. The summed E-state index contributed by atoms with van der Waals surface area (Å²) in [7, 11) is 0. The Morgan fingerprint density at radius 3 is 2.33 bits per heavy atom. The summed E-state index contributed by atoms with van der Waals surface area (Å²) >= 11 is 1.73. The number of benzene rings is 1. The molecule has 4 nitrogen and oxygen atoms in total. The normalized spacial score (nSPS) is 9.75. The molecule has 0 heterocycles. The van der Waals surface area contributed by atoms with Gasteiger partial charge in [0.2, 0.25) is 0 Å². The van der Waals surface area contributed by atoms with Gasteiger partial charge in [-0.25, -0.2) is 4.79 Å². The number of rotatable bonds is 1. The molecule has 0 amide bonds. The fraction of sp³-hybridized carbons (Fsp3) is 0. The minimum Gasteiger partial charge on any atom is -0.508 e. The summed E-state index contributed by atoms with van der Waals surface area (Å²) in [4.78, 5) is 10.5. The van der Waals surface area contributed by atoms with E-state index in [1.807, 2.05) is 0 Å². The second-order valence-electron chi connectivity index (χ2n) is 2.13. The van der Waals surface area contributed by atoms with Gasteiger partial charge in [-0.2, -0.15) is 0 Å². The molecule has 0 bridgehead atoms. The van der Waals surface area contributed by atoms with Gasteiger partial charge in [-0.05, 0) is 28.7 Å². The third-order valence-corrected chi connectivity index (χ3v) is 2.12. The third-order valence-electron chi connectivity index (χ3n) is 1.27. The van der Waals surface area contributed by atoms with Crippen LogP contribution in [-0.4, -0.2) is 21.3 Å². The first-order chi connectivity index (χ1) is 5.52. The summed E-state index contributed by atoms with van der Waals surface area (Å²) in [5.41, 5.74) is -0.187. The highest BCUT2D eigenvalue weighted by molar-refractivity contribution is 14.1. The molecule has 64 valence electrons. The van der Waals surface area contributed by atoms with E-state index in [4.69, 9.17) is 15.3 Å². The average molecular weight is 280 g/mol. The van der Waals surface area contributed by atoms with Gasteiger partial charge in [-0.3, -0.25) is 0 Å². The molecular weight excluding hydrogens is 275 g/mol. The zero-order valence-electron chi connectivity index (χ0n) is 5.78.